The van der Waals surface area contributed by atoms with Crippen LogP contribution in [-0.4, -0.2) is 24.4 Å². The maximum Gasteiger partial charge on any atom is 0.328 e. The average Bonchev–Trinajstić information content (AvgIpc) is 1.95. The number of aliphatic carboxylic acids is 1. The summed E-state index contributed by atoms with van der Waals surface area (Å²) in [7, 11) is 0. The fourth-order valence-electron chi connectivity index (χ4n) is 1.41. The van der Waals surface area contributed by atoms with E-state index in [2.05, 4.69) is 0 Å². The van der Waals surface area contributed by atoms with E-state index in [4.69, 9.17) is 5.11 Å². The minimum atomic E-state index is -1.05. The summed E-state index contributed by atoms with van der Waals surface area (Å²) in [6, 6.07) is 0. The molecule has 4 heteroatoms. The molecule has 0 saturated heterocycles. The van der Waals surface area contributed by atoms with E-state index in [-0.39, 0.29) is 12.8 Å². The minimum absolute atomic E-state index is 0.242. The van der Waals surface area contributed by atoms with Gasteiger partial charge in [-0.3, -0.25) is 8.78 Å². The summed E-state index contributed by atoms with van der Waals surface area (Å²) in [6.45, 7) is -1.42. The van der Waals surface area contributed by atoms with E-state index in [9.17, 15) is 13.6 Å². The Morgan fingerprint density at radius 1 is 1.50 bits per heavy atom. The second kappa shape index (κ2) is 3.21. The molecule has 12 heavy (non-hydrogen) atoms. The van der Waals surface area contributed by atoms with Crippen LogP contribution in [0.1, 0.15) is 12.8 Å². The first kappa shape index (κ1) is 9.16. The Kier molecular flexibility index (Phi) is 2.45. The number of halogens is 2. The van der Waals surface area contributed by atoms with Gasteiger partial charge in [-0.15, -0.1) is 0 Å². The van der Waals surface area contributed by atoms with Crippen LogP contribution in [0.2, 0.25) is 0 Å². The van der Waals surface area contributed by atoms with Crippen molar-refractivity contribution in [3.05, 3.63) is 11.6 Å². The van der Waals surface area contributed by atoms with Crippen LogP contribution < -0.4 is 0 Å². The molecule has 0 aromatic carbocycles. The monoisotopic (exact) mass is 176 g/mol. The molecule has 0 amide bonds. The third-order valence-corrected chi connectivity index (χ3v) is 2.10. The molecule has 0 aliphatic heterocycles. The smallest absolute Gasteiger partial charge is 0.328 e. The fraction of sp³-hybridized carbons (Fsp3) is 0.625. The maximum atomic E-state index is 12.2. The molecule has 0 aromatic rings. The van der Waals surface area contributed by atoms with Gasteiger partial charge in [0.2, 0.25) is 0 Å². The molecule has 0 atom stereocenters. The van der Waals surface area contributed by atoms with Crippen LogP contribution in [0.3, 0.4) is 0 Å². The van der Waals surface area contributed by atoms with Gasteiger partial charge in [0.15, 0.2) is 0 Å². The normalized spacial score (nSPS) is 20.0. The van der Waals surface area contributed by atoms with E-state index >= 15 is 0 Å². The van der Waals surface area contributed by atoms with Crippen molar-refractivity contribution < 1.29 is 18.7 Å². The van der Waals surface area contributed by atoms with Crippen molar-refractivity contribution in [3.63, 3.8) is 0 Å². The number of carboxylic acid groups (broad SMARTS) is 1. The molecule has 0 heterocycles. The van der Waals surface area contributed by atoms with E-state index in [0.29, 0.717) is 5.57 Å². The quantitative estimate of drug-likeness (QED) is 0.665. The molecule has 0 bridgehead atoms. The third kappa shape index (κ3) is 1.62. The Balaban J connectivity index is 2.50. The van der Waals surface area contributed by atoms with E-state index < -0.39 is 24.7 Å². The molecular weight excluding hydrogens is 166 g/mol. The zero-order valence-electron chi connectivity index (χ0n) is 6.52. The standard InChI is InChI=1S/C8H10F2O2/c9-4-8(5-10)2-6(3-8)1-7(11)12/h1H,2-5H2,(H,11,12). The second-order valence-electron chi connectivity index (χ2n) is 3.26. The number of hydrogen-bond acceptors (Lipinski definition) is 1. The Morgan fingerprint density at radius 2 is 2.00 bits per heavy atom. The van der Waals surface area contributed by atoms with Crippen molar-refractivity contribution in [2.24, 2.45) is 5.41 Å². The lowest BCUT2D eigenvalue weighted by atomic mass is 9.67. The minimum Gasteiger partial charge on any atom is -0.478 e. The fourth-order valence-corrected chi connectivity index (χ4v) is 1.41. The highest BCUT2D eigenvalue weighted by Gasteiger charge is 2.41. The van der Waals surface area contributed by atoms with Crippen LogP contribution in [-0.2, 0) is 4.79 Å². The van der Waals surface area contributed by atoms with Crippen molar-refractivity contribution in [2.75, 3.05) is 13.3 Å². The summed E-state index contributed by atoms with van der Waals surface area (Å²) >= 11 is 0. The van der Waals surface area contributed by atoms with Gasteiger partial charge in [0.25, 0.3) is 0 Å². The highest BCUT2D eigenvalue weighted by atomic mass is 19.1. The van der Waals surface area contributed by atoms with Crippen LogP contribution in [0.4, 0.5) is 8.78 Å². The predicted octanol–water partition coefficient (Wildman–Crippen LogP) is 1.72. The summed E-state index contributed by atoms with van der Waals surface area (Å²) in [4.78, 5) is 10.1. The number of rotatable bonds is 3. The van der Waals surface area contributed by atoms with Gasteiger partial charge >= 0.3 is 5.97 Å². The second-order valence-corrected chi connectivity index (χ2v) is 3.26. The van der Waals surface area contributed by atoms with Gasteiger partial charge in [-0.2, -0.15) is 0 Å². The molecule has 2 nitrogen and oxygen atoms in total. The Labute approximate surface area is 68.9 Å². The van der Waals surface area contributed by atoms with Crippen molar-refractivity contribution in [2.45, 2.75) is 12.8 Å². The van der Waals surface area contributed by atoms with E-state index in [1.807, 2.05) is 0 Å². The summed E-state index contributed by atoms with van der Waals surface area (Å²) in [5.41, 5.74) is -0.279. The Hall–Kier alpha value is -0.930. The molecule has 68 valence electrons. The van der Waals surface area contributed by atoms with E-state index in [1.165, 1.54) is 0 Å². The van der Waals surface area contributed by atoms with Gasteiger partial charge in [-0.25, -0.2) is 4.79 Å². The van der Waals surface area contributed by atoms with Gasteiger partial charge in [0, 0.05) is 11.5 Å². The molecule has 1 saturated carbocycles. The molecule has 0 aromatic heterocycles. The average molecular weight is 176 g/mol. The molecule has 1 aliphatic carbocycles. The van der Waals surface area contributed by atoms with Crippen molar-refractivity contribution in [3.8, 4) is 0 Å². The van der Waals surface area contributed by atoms with E-state index in [0.717, 1.165) is 6.08 Å². The molecule has 1 rings (SSSR count). The lowest BCUT2D eigenvalue weighted by Gasteiger charge is -2.39. The topological polar surface area (TPSA) is 37.3 Å². The van der Waals surface area contributed by atoms with Gasteiger partial charge in [0.05, 0.1) is 13.3 Å². The van der Waals surface area contributed by atoms with Gasteiger partial charge in [-0.1, -0.05) is 5.57 Å². The summed E-state index contributed by atoms with van der Waals surface area (Å²) in [6.07, 6.45) is 1.52. The highest BCUT2D eigenvalue weighted by Crippen LogP contribution is 2.45. The lowest BCUT2D eigenvalue weighted by Crippen LogP contribution is -2.36. The summed E-state index contributed by atoms with van der Waals surface area (Å²) in [5, 5.41) is 8.30. The number of alkyl halides is 2. The van der Waals surface area contributed by atoms with Gasteiger partial charge in [0.1, 0.15) is 0 Å². The summed E-state index contributed by atoms with van der Waals surface area (Å²) < 4.78 is 24.4. The molecule has 0 radical (unpaired) electrons. The first-order valence-electron chi connectivity index (χ1n) is 3.66. The van der Waals surface area contributed by atoms with Crippen LogP contribution in [0.15, 0.2) is 11.6 Å². The molecule has 1 aliphatic rings. The summed E-state index contributed by atoms with van der Waals surface area (Å²) in [5.74, 6) is -1.05. The van der Waals surface area contributed by atoms with Crippen molar-refractivity contribution in [1.29, 1.82) is 0 Å². The molecule has 0 unspecified atom stereocenters. The Bertz CT molecular complexity index is 209. The number of carboxylic acids is 1. The third-order valence-electron chi connectivity index (χ3n) is 2.10. The van der Waals surface area contributed by atoms with Crippen LogP contribution >= 0.6 is 0 Å². The number of hydrogen-bond donors (Lipinski definition) is 1. The zero-order valence-corrected chi connectivity index (χ0v) is 6.52. The first-order valence-corrected chi connectivity index (χ1v) is 3.66. The van der Waals surface area contributed by atoms with Crippen molar-refractivity contribution >= 4 is 5.97 Å². The molecule has 0 spiro atoms. The van der Waals surface area contributed by atoms with Crippen LogP contribution in [0, 0.1) is 5.41 Å². The highest BCUT2D eigenvalue weighted by molar-refractivity contribution is 5.81. The van der Waals surface area contributed by atoms with Crippen LogP contribution in [0.5, 0.6) is 0 Å². The largest absolute Gasteiger partial charge is 0.478 e. The SMILES string of the molecule is O=C(O)C=C1CC(CF)(CF)C1. The first-order chi connectivity index (χ1) is 5.62. The van der Waals surface area contributed by atoms with Gasteiger partial charge in [-0.05, 0) is 12.8 Å². The number of allylic oxidation sites excluding steroid dienone is 1. The zero-order chi connectivity index (χ0) is 9.19. The molecule has 1 fully saturated rings. The lowest BCUT2D eigenvalue weighted by molar-refractivity contribution is -0.131. The molecular formula is C8H10F2O2. The molecule has 1 N–H and O–H groups in total. The maximum absolute atomic E-state index is 12.2. The van der Waals surface area contributed by atoms with Crippen molar-refractivity contribution in [1.82, 2.24) is 0 Å². The predicted molar refractivity (Wildman–Crippen MR) is 39.3 cm³/mol. The Morgan fingerprint density at radius 3 is 2.33 bits per heavy atom. The van der Waals surface area contributed by atoms with Crippen LogP contribution in [0.25, 0.3) is 0 Å². The van der Waals surface area contributed by atoms with Gasteiger partial charge < -0.3 is 5.11 Å². The van der Waals surface area contributed by atoms with E-state index in [1.54, 1.807) is 0 Å². The number of carbonyl (C=O) groups is 1.